The Hall–Kier alpha value is -2.30. The van der Waals surface area contributed by atoms with Gasteiger partial charge < -0.3 is 14.6 Å². The summed E-state index contributed by atoms with van der Waals surface area (Å²) in [4.78, 5) is 22.3. The number of aromatic amines is 1. The van der Waals surface area contributed by atoms with E-state index in [9.17, 15) is 4.79 Å². The molecule has 2 aromatic rings. The third-order valence-electron chi connectivity index (χ3n) is 5.47. The normalized spacial score (nSPS) is 20.8. The zero-order valence-corrected chi connectivity index (χ0v) is 14.2. The summed E-state index contributed by atoms with van der Waals surface area (Å²) < 4.78 is 5.78. The standard InChI is InChI=1S/C19H23N3O2/c1-12-7-15-16(10-24-18(15)8-13(12)2)19(23)22-5-3-14(4-6-22)17-9-20-11-21-17/h7-9,11,14,16H,3-6,10H2,1-2H3,(H,20,21). The van der Waals surface area contributed by atoms with Crippen LogP contribution in [0.1, 0.15) is 47.1 Å². The van der Waals surface area contributed by atoms with Crippen molar-refractivity contribution in [3.05, 3.63) is 47.0 Å². The van der Waals surface area contributed by atoms with E-state index in [2.05, 4.69) is 35.9 Å². The van der Waals surface area contributed by atoms with Crippen molar-refractivity contribution < 1.29 is 9.53 Å². The second-order valence-corrected chi connectivity index (χ2v) is 6.94. The molecule has 1 unspecified atom stereocenters. The predicted molar refractivity (Wildman–Crippen MR) is 91.3 cm³/mol. The maximum Gasteiger partial charge on any atom is 0.233 e. The van der Waals surface area contributed by atoms with E-state index in [-0.39, 0.29) is 11.8 Å². The highest BCUT2D eigenvalue weighted by atomic mass is 16.5. The molecule has 1 amide bonds. The Morgan fingerprint density at radius 1 is 1.25 bits per heavy atom. The molecule has 5 heteroatoms. The van der Waals surface area contributed by atoms with Gasteiger partial charge in [0.25, 0.3) is 0 Å². The third-order valence-corrected chi connectivity index (χ3v) is 5.47. The smallest absolute Gasteiger partial charge is 0.233 e. The zero-order chi connectivity index (χ0) is 16.7. The van der Waals surface area contributed by atoms with E-state index in [1.807, 2.05) is 11.1 Å². The SMILES string of the molecule is Cc1cc2c(cc1C)C(C(=O)N1CCC(c3cnc[nH]3)CC1)CO2. The Bertz CT molecular complexity index is 746. The highest BCUT2D eigenvalue weighted by Gasteiger charge is 2.35. The molecule has 5 nitrogen and oxygen atoms in total. The van der Waals surface area contributed by atoms with Crippen LogP contribution >= 0.6 is 0 Å². The molecule has 2 aliphatic heterocycles. The first kappa shape index (κ1) is 15.2. The monoisotopic (exact) mass is 325 g/mol. The Kier molecular flexibility index (Phi) is 3.79. The number of imidazole rings is 1. The lowest BCUT2D eigenvalue weighted by Crippen LogP contribution is -2.41. The third kappa shape index (κ3) is 2.58. The van der Waals surface area contributed by atoms with Gasteiger partial charge in [0.1, 0.15) is 18.3 Å². The van der Waals surface area contributed by atoms with Gasteiger partial charge in [0.05, 0.1) is 6.33 Å². The number of ether oxygens (including phenoxy) is 1. The minimum atomic E-state index is -0.150. The average Bonchev–Trinajstić information content (AvgIpc) is 3.25. The molecule has 1 N–H and O–H groups in total. The fourth-order valence-corrected chi connectivity index (χ4v) is 3.80. The molecule has 2 aliphatic rings. The van der Waals surface area contributed by atoms with Crippen molar-refractivity contribution in [2.45, 2.75) is 38.5 Å². The number of fused-ring (bicyclic) bond motifs is 1. The van der Waals surface area contributed by atoms with Crippen molar-refractivity contribution in [3.63, 3.8) is 0 Å². The van der Waals surface area contributed by atoms with Crippen LogP contribution in [0.2, 0.25) is 0 Å². The van der Waals surface area contributed by atoms with Crippen LogP contribution in [0.4, 0.5) is 0 Å². The zero-order valence-electron chi connectivity index (χ0n) is 14.2. The number of piperidine rings is 1. The molecule has 126 valence electrons. The molecule has 1 fully saturated rings. The minimum absolute atomic E-state index is 0.150. The van der Waals surface area contributed by atoms with Gasteiger partial charge >= 0.3 is 0 Å². The maximum absolute atomic E-state index is 13.0. The average molecular weight is 325 g/mol. The number of H-pyrrole nitrogens is 1. The van der Waals surface area contributed by atoms with Gasteiger partial charge in [-0.3, -0.25) is 4.79 Å². The van der Waals surface area contributed by atoms with E-state index in [0.717, 1.165) is 37.2 Å². The van der Waals surface area contributed by atoms with E-state index in [4.69, 9.17) is 4.74 Å². The van der Waals surface area contributed by atoms with Crippen molar-refractivity contribution in [3.8, 4) is 5.75 Å². The van der Waals surface area contributed by atoms with Gasteiger partial charge in [-0.05, 0) is 43.9 Å². The molecule has 0 bridgehead atoms. The number of benzene rings is 1. The van der Waals surface area contributed by atoms with Crippen LogP contribution in [-0.4, -0.2) is 40.5 Å². The molecule has 3 heterocycles. The lowest BCUT2D eigenvalue weighted by Gasteiger charge is -2.33. The van der Waals surface area contributed by atoms with Crippen LogP contribution in [0, 0.1) is 13.8 Å². The van der Waals surface area contributed by atoms with Gasteiger partial charge in [-0.2, -0.15) is 0 Å². The van der Waals surface area contributed by atoms with Crippen molar-refractivity contribution in [1.29, 1.82) is 0 Å². The molecule has 0 spiro atoms. The summed E-state index contributed by atoms with van der Waals surface area (Å²) in [5.74, 6) is 1.42. The van der Waals surface area contributed by atoms with Crippen LogP contribution in [0.5, 0.6) is 5.75 Å². The molecule has 0 radical (unpaired) electrons. The second kappa shape index (κ2) is 5.96. The topological polar surface area (TPSA) is 58.2 Å². The number of carbonyl (C=O) groups is 1. The molecular weight excluding hydrogens is 302 g/mol. The Labute approximate surface area is 142 Å². The van der Waals surface area contributed by atoms with Crippen molar-refractivity contribution in [2.75, 3.05) is 19.7 Å². The molecule has 4 rings (SSSR count). The lowest BCUT2D eigenvalue weighted by molar-refractivity contribution is -0.134. The van der Waals surface area contributed by atoms with E-state index < -0.39 is 0 Å². The number of likely N-dealkylation sites (tertiary alicyclic amines) is 1. The summed E-state index contributed by atoms with van der Waals surface area (Å²) in [6.07, 6.45) is 5.60. The van der Waals surface area contributed by atoms with Gasteiger partial charge in [0.2, 0.25) is 5.91 Å². The van der Waals surface area contributed by atoms with Gasteiger partial charge in [0.15, 0.2) is 0 Å². The van der Waals surface area contributed by atoms with Crippen LogP contribution in [0.25, 0.3) is 0 Å². The van der Waals surface area contributed by atoms with E-state index >= 15 is 0 Å². The highest BCUT2D eigenvalue weighted by Crippen LogP contribution is 2.38. The molecule has 0 aliphatic carbocycles. The maximum atomic E-state index is 13.0. The minimum Gasteiger partial charge on any atom is -0.492 e. The largest absolute Gasteiger partial charge is 0.492 e. The fourth-order valence-electron chi connectivity index (χ4n) is 3.80. The van der Waals surface area contributed by atoms with Gasteiger partial charge in [0, 0.05) is 36.5 Å². The van der Waals surface area contributed by atoms with Crippen LogP contribution < -0.4 is 4.74 Å². The first-order valence-electron chi connectivity index (χ1n) is 8.64. The van der Waals surface area contributed by atoms with E-state index in [1.165, 1.54) is 16.8 Å². The molecule has 1 atom stereocenters. The number of aromatic nitrogens is 2. The van der Waals surface area contributed by atoms with Crippen LogP contribution in [-0.2, 0) is 4.79 Å². The van der Waals surface area contributed by atoms with Gasteiger partial charge in [-0.15, -0.1) is 0 Å². The number of hydrogen-bond donors (Lipinski definition) is 1. The number of aryl methyl sites for hydroxylation is 2. The summed E-state index contributed by atoms with van der Waals surface area (Å²) in [5, 5.41) is 0. The fraction of sp³-hybridized carbons (Fsp3) is 0.474. The van der Waals surface area contributed by atoms with Crippen molar-refractivity contribution >= 4 is 5.91 Å². The summed E-state index contributed by atoms with van der Waals surface area (Å²) >= 11 is 0. The predicted octanol–water partition coefficient (Wildman–Crippen LogP) is 2.91. The number of nitrogens with one attached hydrogen (secondary N) is 1. The number of nitrogens with zero attached hydrogens (tertiary/aromatic N) is 2. The molecular formula is C19H23N3O2. The number of hydrogen-bond acceptors (Lipinski definition) is 3. The Balaban J connectivity index is 1.46. The number of carbonyl (C=O) groups excluding carboxylic acids is 1. The van der Waals surface area contributed by atoms with Gasteiger partial charge in [-0.1, -0.05) is 6.07 Å². The van der Waals surface area contributed by atoms with Crippen molar-refractivity contribution in [1.82, 2.24) is 14.9 Å². The Morgan fingerprint density at radius 3 is 2.71 bits per heavy atom. The van der Waals surface area contributed by atoms with Crippen LogP contribution in [0.3, 0.4) is 0 Å². The first-order valence-corrected chi connectivity index (χ1v) is 8.64. The Morgan fingerprint density at radius 2 is 2.00 bits per heavy atom. The molecule has 1 aromatic carbocycles. The number of amides is 1. The first-order chi connectivity index (χ1) is 11.6. The number of rotatable bonds is 2. The summed E-state index contributed by atoms with van der Waals surface area (Å²) in [5.41, 5.74) is 4.67. The summed E-state index contributed by atoms with van der Waals surface area (Å²) in [6, 6.07) is 4.18. The highest BCUT2D eigenvalue weighted by molar-refractivity contribution is 5.86. The molecule has 1 saturated heterocycles. The quantitative estimate of drug-likeness (QED) is 0.923. The molecule has 24 heavy (non-hydrogen) atoms. The molecule has 0 saturated carbocycles. The molecule has 1 aromatic heterocycles. The lowest BCUT2D eigenvalue weighted by atomic mass is 9.91. The summed E-state index contributed by atoms with van der Waals surface area (Å²) in [6.45, 7) is 6.25. The van der Waals surface area contributed by atoms with E-state index in [0.29, 0.717) is 12.5 Å². The van der Waals surface area contributed by atoms with Gasteiger partial charge in [-0.25, -0.2) is 4.98 Å². The van der Waals surface area contributed by atoms with Crippen molar-refractivity contribution in [2.24, 2.45) is 0 Å². The van der Waals surface area contributed by atoms with Crippen LogP contribution in [0.15, 0.2) is 24.7 Å². The second-order valence-electron chi connectivity index (χ2n) is 6.94. The van der Waals surface area contributed by atoms with E-state index in [1.54, 1.807) is 6.33 Å². The summed E-state index contributed by atoms with van der Waals surface area (Å²) in [7, 11) is 0.